The maximum absolute atomic E-state index is 14.0. The Morgan fingerprint density at radius 2 is 1.96 bits per heavy atom. The Morgan fingerprint density at radius 1 is 1.17 bits per heavy atom. The van der Waals surface area contributed by atoms with Gasteiger partial charge in [-0.2, -0.15) is 0 Å². The van der Waals surface area contributed by atoms with Gasteiger partial charge in [0.15, 0.2) is 0 Å². The highest BCUT2D eigenvalue weighted by atomic mass is 19.1. The molecule has 1 aromatic carbocycles. The topological polar surface area (TPSA) is 41.7 Å². The van der Waals surface area contributed by atoms with Crippen molar-refractivity contribution in [1.82, 2.24) is 9.80 Å². The molecule has 1 saturated heterocycles. The maximum atomic E-state index is 14.0. The third-order valence-electron chi connectivity index (χ3n) is 5.52. The van der Waals surface area contributed by atoms with E-state index in [1.54, 1.807) is 0 Å². The first kappa shape index (κ1) is 15.8. The van der Waals surface area contributed by atoms with Crippen molar-refractivity contribution < 1.29 is 13.5 Å². The summed E-state index contributed by atoms with van der Waals surface area (Å²) in [6, 6.07) is 3.32. The summed E-state index contributed by atoms with van der Waals surface area (Å²) >= 11 is 0. The second-order valence-corrected chi connectivity index (χ2v) is 6.98. The number of nitrogens with two attached hydrogens (primary N) is 1. The van der Waals surface area contributed by atoms with E-state index in [0.29, 0.717) is 6.61 Å². The van der Waals surface area contributed by atoms with Crippen LogP contribution in [0, 0.1) is 11.6 Å². The quantitative estimate of drug-likeness (QED) is 0.901. The highest BCUT2D eigenvalue weighted by Crippen LogP contribution is 2.38. The molecule has 6 heteroatoms. The minimum Gasteiger partial charge on any atom is -0.376 e. The van der Waals surface area contributed by atoms with Crippen molar-refractivity contribution in [2.24, 2.45) is 5.73 Å². The summed E-state index contributed by atoms with van der Waals surface area (Å²) in [7, 11) is 2.14. The molecule has 0 spiro atoms. The van der Waals surface area contributed by atoms with Crippen LogP contribution in [0.15, 0.2) is 29.6 Å². The third kappa shape index (κ3) is 2.58. The fraction of sp³-hybridized carbons (Fsp3) is 0.556. The third-order valence-corrected chi connectivity index (χ3v) is 5.52. The fourth-order valence-electron chi connectivity index (χ4n) is 4.30. The van der Waals surface area contributed by atoms with Gasteiger partial charge in [0.25, 0.3) is 0 Å². The zero-order chi connectivity index (χ0) is 16.8. The molecule has 4 nitrogen and oxygen atoms in total. The van der Waals surface area contributed by atoms with Crippen molar-refractivity contribution in [3.63, 3.8) is 0 Å². The van der Waals surface area contributed by atoms with E-state index < -0.39 is 17.7 Å². The zero-order valence-electron chi connectivity index (χ0n) is 13.8. The Morgan fingerprint density at radius 3 is 2.75 bits per heavy atom. The van der Waals surface area contributed by atoms with Crippen molar-refractivity contribution >= 4 is 0 Å². The molecule has 24 heavy (non-hydrogen) atoms. The molecule has 1 fully saturated rings. The van der Waals surface area contributed by atoms with Gasteiger partial charge in [-0.3, -0.25) is 0 Å². The molecule has 0 aliphatic carbocycles. The molecule has 3 aliphatic heterocycles. The van der Waals surface area contributed by atoms with Crippen LogP contribution in [0.1, 0.15) is 30.9 Å². The second-order valence-electron chi connectivity index (χ2n) is 6.98. The van der Waals surface area contributed by atoms with Crippen LogP contribution in [0.5, 0.6) is 0 Å². The largest absolute Gasteiger partial charge is 0.376 e. The van der Waals surface area contributed by atoms with Crippen molar-refractivity contribution in [2.75, 3.05) is 26.7 Å². The summed E-state index contributed by atoms with van der Waals surface area (Å²) in [5.74, 6) is -0.924. The van der Waals surface area contributed by atoms with Gasteiger partial charge in [0.2, 0.25) is 0 Å². The lowest BCUT2D eigenvalue weighted by Gasteiger charge is -2.40. The average Bonchev–Trinajstić information content (AvgIpc) is 3.13. The first-order chi connectivity index (χ1) is 11.5. The smallest absolute Gasteiger partial charge is 0.129 e. The summed E-state index contributed by atoms with van der Waals surface area (Å²) in [6.45, 7) is 2.56. The lowest BCUT2D eigenvalue weighted by Crippen LogP contribution is -2.48. The van der Waals surface area contributed by atoms with Gasteiger partial charge in [-0.25, -0.2) is 8.78 Å². The monoisotopic (exact) mass is 335 g/mol. The van der Waals surface area contributed by atoms with E-state index in [1.165, 1.54) is 17.5 Å². The van der Waals surface area contributed by atoms with Gasteiger partial charge in [0, 0.05) is 56.0 Å². The number of benzene rings is 1. The Balaban J connectivity index is 1.49. The number of hydrogen-bond donors (Lipinski definition) is 1. The number of ether oxygens (including phenoxy) is 1. The Hall–Kier alpha value is -1.66. The molecule has 0 aromatic heterocycles. The number of hydrogen-bond acceptors (Lipinski definition) is 4. The average molecular weight is 335 g/mol. The van der Waals surface area contributed by atoms with Crippen LogP contribution in [0.4, 0.5) is 8.78 Å². The molecule has 130 valence electrons. The summed E-state index contributed by atoms with van der Waals surface area (Å²) in [6.07, 6.45) is 2.28. The molecule has 0 saturated carbocycles. The van der Waals surface area contributed by atoms with E-state index in [4.69, 9.17) is 10.5 Å². The van der Waals surface area contributed by atoms with E-state index in [1.807, 2.05) is 0 Å². The molecule has 3 aliphatic rings. The standard InChI is InChI=1S/C18H23F2N3O/c1-22-6-4-17-16(22)5-7-23(17)12-9-15(21)18(24-10-12)13-8-11(19)2-3-14(13)20/h2-3,8,12,15,18H,4-7,9-10,21H2,1H3. The van der Waals surface area contributed by atoms with Crippen LogP contribution >= 0.6 is 0 Å². The molecule has 3 unspecified atom stereocenters. The van der Waals surface area contributed by atoms with E-state index in [0.717, 1.165) is 44.5 Å². The Bertz CT molecular complexity index is 678. The van der Waals surface area contributed by atoms with Crippen LogP contribution in [-0.2, 0) is 4.74 Å². The molecule has 0 bridgehead atoms. The summed E-state index contributed by atoms with van der Waals surface area (Å²) in [5.41, 5.74) is 9.35. The van der Waals surface area contributed by atoms with Gasteiger partial charge in [-0.15, -0.1) is 0 Å². The molecule has 0 radical (unpaired) electrons. The van der Waals surface area contributed by atoms with Gasteiger partial charge < -0.3 is 20.3 Å². The molecule has 1 aromatic rings. The lowest BCUT2D eigenvalue weighted by atomic mass is 9.93. The summed E-state index contributed by atoms with van der Waals surface area (Å²) < 4.78 is 33.4. The van der Waals surface area contributed by atoms with Gasteiger partial charge in [0.05, 0.1) is 12.6 Å². The molecule has 3 heterocycles. The maximum Gasteiger partial charge on any atom is 0.129 e. The summed E-state index contributed by atoms with van der Waals surface area (Å²) in [5, 5.41) is 0. The van der Waals surface area contributed by atoms with Crippen LogP contribution in [0.25, 0.3) is 0 Å². The van der Waals surface area contributed by atoms with Crippen molar-refractivity contribution in [2.45, 2.75) is 37.5 Å². The van der Waals surface area contributed by atoms with Crippen LogP contribution in [0.3, 0.4) is 0 Å². The highest BCUT2D eigenvalue weighted by molar-refractivity contribution is 5.26. The van der Waals surface area contributed by atoms with E-state index >= 15 is 0 Å². The highest BCUT2D eigenvalue weighted by Gasteiger charge is 2.39. The minimum atomic E-state index is -0.584. The minimum absolute atomic E-state index is 0.215. The number of rotatable bonds is 2. The summed E-state index contributed by atoms with van der Waals surface area (Å²) in [4.78, 5) is 4.74. The van der Waals surface area contributed by atoms with Gasteiger partial charge >= 0.3 is 0 Å². The Kier molecular flexibility index (Phi) is 3.96. The molecular weight excluding hydrogens is 312 g/mol. The van der Waals surface area contributed by atoms with Gasteiger partial charge in [-0.05, 0) is 24.6 Å². The van der Waals surface area contributed by atoms with Gasteiger partial charge in [-0.1, -0.05) is 0 Å². The zero-order valence-corrected chi connectivity index (χ0v) is 13.8. The number of nitrogens with zero attached hydrogens (tertiary/aromatic N) is 2. The molecule has 4 rings (SSSR count). The molecule has 0 amide bonds. The second kappa shape index (κ2) is 6.01. The Labute approximate surface area is 140 Å². The van der Waals surface area contributed by atoms with E-state index in [9.17, 15) is 8.78 Å². The predicted octanol–water partition coefficient (Wildman–Crippen LogP) is 2.37. The van der Waals surface area contributed by atoms with E-state index in [2.05, 4.69) is 16.8 Å². The van der Waals surface area contributed by atoms with Crippen molar-refractivity contribution in [1.29, 1.82) is 0 Å². The SMILES string of the molecule is CN1CCC2=C1CCN2C1COC(c2cc(F)ccc2F)C(N)C1. The first-order valence-electron chi connectivity index (χ1n) is 8.56. The lowest BCUT2D eigenvalue weighted by molar-refractivity contribution is -0.0433. The predicted molar refractivity (Wildman–Crippen MR) is 87.0 cm³/mol. The van der Waals surface area contributed by atoms with Crippen molar-refractivity contribution in [3.05, 3.63) is 46.8 Å². The van der Waals surface area contributed by atoms with Gasteiger partial charge in [0.1, 0.15) is 17.7 Å². The molecule has 3 atom stereocenters. The fourth-order valence-corrected chi connectivity index (χ4v) is 4.30. The molecule has 2 N–H and O–H groups in total. The number of halogens is 2. The van der Waals surface area contributed by atoms with Crippen LogP contribution in [-0.4, -0.2) is 48.6 Å². The van der Waals surface area contributed by atoms with Crippen LogP contribution in [0.2, 0.25) is 0 Å². The normalized spacial score (nSPS) is 30.2. The van der Waals surface area contributed by atoms with E-state index in [-0.39, 0.29) is 17.6 Å². The van der Waals surface area contributed by atoms with Crippen LogP contribution < -0.4 is 5.73 Å². The molecular formula is C18H23F2N3O. The van der Waals surface area contributed by atoms with Crippen molar-refractivity contribution in [3.8, 4) is 0 Å². The first-order valence-corrected chi connectivity index (χ1v) is 8.56.